The fourth-order valence-corrected chi connectivity index (χ4v) is 5.49. The first-order chi connectivity index (χ1) is 21.3. The van der Waals surface area contributed by atoms with Crippen LogP contribution < -0.4 is 21.3 Å². The summed E-state index contributed by atoms with van der Waals surface area (Å²) in [5.74, 6) is -3.66. The third-order valence-corrected chi connectivity index (χ3v) is 8.11. The number of piperidine rings is 1. The Labute approximate surface area is 272 Å². The van der Waals surface area contributed by atoms with Gasteiger partial charge in [-0.05, 0) is 37.5 Å². The van der Waals surface area contributed by atoms with Gasteiger partial charge in [-0.2, -0.15) is 0 Å². The van der Waals surface area contributed by atoms with Gasteiger partial charge in [0.25, 0.3) is 5.91 Å². The van der Waals surface area contributed by atoms with Crippen LogP contribution in [0.15, 0.2) is 24.3 Å². The predicted octanol–water partition coefficient (Wildman–Crippen LogP) is 1.82. The molecule has 2 saturated heterocycles. The maximum Gasteiger partial charge on any atom is 0.315 e. The molecule has 0 radical (unpaired) electrons. The smallest absolute Gasteiger partial charge is 0.315 e. The number of carbonyl (C=O) groups excluding carboxylic acids is 7. The van der Waals surface area contributed by atoms with Crippen LogP contribution in [-0.4, -0.2) is 95.5 Å². The number of allylic oxidation sites excluding steroid dienone is 1. The van der Waals surface area contributed by atoms with Crippen LogP contribution in [0.1, 0.15) is 81.1 Å². The number of rotatable bonds is 12. The second-order valence-corrected chi connectivity index (χ2v) is 14.4. The van der Waals surface area contributed by atoms with Crippen LogP contribution in [0, 0.1) is 16.7 Å². The summed E-state index contributed by atoms with van der Waals surface area (Å²) in [7, 11) is 0. The van der Waals surface area contributed by atoms with Crippen molar-refractivity contribution < 1.29 is 33.6 Å². The molecule has 7 amide bonds. The van der Waals surface area contributed by atoms with Gasteiger partial charge >= 0.3 is 6.03 Å². The molecule has 0 unspecified atom stereocenters. The van der Waals surface area contributed by atoms with Crippen molar-refractivity contribution in [3.63, 3.8) is 0 Å². The highest BCUT2D eigenvalue weighted by Crippen LogP contribution is 2.31. The number of amides is 7. The van der Waals surface area contributed by atoms with Crippen LogP contribution in [-0.2, 0) is 28.8 Å². The first-order valence-electron chi connectivity index (χ1n) is 15.8. The van der Waals surface area contributed by atoms with Crippen LogP contribution in [0.3, 0.4) is 0 Å². The molecule has 2 rings (SSSR count). The van der Waals surface area contributed by atoms with Crippen LogP contribution in [0.4, 0.5) is 4.79 Å². The zero-order chi connectivity index (χ0) is 35.0. The lowest BCUT2D eigenvalue weighted by Gasteiger charge is -2.38. The van der Waals surface area contributed by atoms with Gasteiger partial charge in [0, 0.05) is 38.4 Å². The number of hydrogen-bond acceptors (Lipinski definition) is 7. The Kier molecular flexibility index (Phi) is 13.3. The van der Waals surface area contributed by atoms with E-state index in [0.29, 0.717) is 12.8 Å². The van der Waals surface area contributed by atoms with Crippen molar-refractivity contribution in [1.82, 2.24) is 31.1 Å². The number of Topliss-reactive ketones (excluding diaryl/α,β-unsaturated/α-hetero) is 1. The lowest BCUT2D eigenvalue weighted by molar-refractivity contribution is -0.148. The number of imide groups is 1. The monoisotopic (exact) mass is 644 g/mol. The second-order valence-electron chi connectivity index (χ2n) is 14.4. The maximum atomic E-state index is 14.2. The SMILES string of the molecule is C=CCNC(=O)C(=O)CNC(=O)[C@@H]1[C@@H](C=C(C)C)CCN1C(=O)[C@@H](NC(=O)N[C@H](CN1C(=O)CCCC1=O)C(C)(C)C)C(C)(C)C. The molecule has 0 aromatic carbocycles. The van der Waals surface area contributed by atoms with E-state index in [9.17, 15) is 33.6 Å². The van der Waals surface area contributed by atoms with Crippen molar-refractivity contribution >= 4 is 41.4 Å². The molecule has 2 fully saturated rings. The van der Waals surface area contributed by atoms with E-state index in [1.807, 2.05) is 40.7 Å². The number of likely N-dealkylation sites (tertiary alicyclic amines) is 2. The predicted molar refractivity (Wildman–Crippen MR) is 173 cm³/mol. The summed E-state index contributed by atoms with van der Waals surface area (Å²) in [6.45, 7) is 18.1. The zero-order valence-electron chi connectivity index (χ0n) is 28.6. The molecule has 0 aromatic rings. The van der Waals surface area contributed by atoms with Gasteiger partial charge < -0.3 is 26.2 Å². The number of nitrogens with one attached hydrogen (secondary N) is 4. The number of nitrogens with zero attached hydrogens (tertiary/aromatic N) is 2. The summed E-state index contributed by atoms with van der Waals surface area (Å²) in [6, 6.07) is -3.29. The molecule has 4 N–H and O–H groups in total. The first-order valence-corrected chi connectivity index (χ1v) is 15.8. The van der Waals surface area contributed by atoms with Crippen molar-refractivity contribution in [3.05, 3.63) is 24.3 Å². The van der Waals surface area contributed by atoms with Gasteiger partial charge in [-0.25, -0.2) is 4.79 Å². The summed E-state index contributed by atoms with van der Waals surface area (Å²) >= 11 is 0. The Balaban J connectivity index is 2.27. The Hall–Kier alpha value is -4.03. The molecule has 2 aliphatic rings. The summed E-state index contributed by atoms with van der Waals surface area (Å²) in [6.07, 6.45) is 4.85. The molecule has 46 heavy (non-hydrogen) atoms. The fraction of sp³-hybridized carbons (Fsp3) is 0.667. The quantitative estimate of drug-likeness (QED) is 0.142. The first kappa shape index (κ1) is 38.2. The largest absolute Gasteiger partial charge is 0.347 e. The minimum atomic E-state index is -1.06. The number of carbonyl (C=O) groups is 7. The highest BCUT2D eigenvalue weighted by atomic mass is 16.2. The van der Waals surface area contributed by atoms with Gasteiger partial charge in [0.15, 0.2) is 0 Å². The summed E-state index contributed by atoms with van der Waals surface area (Å²) in [4.78, 5) is 93.0. The van der Waals surface area contributed by atoms with Gasteiger partial charge in [-0.1, -0.05) is 59.3 Å². The van der Waals surface area contributed by atoms with E-state index in [1.54, 1.807) is 20.8 Å². The van der Waals surface area contributed by atoms with E-state index >= 15 is 0 Å². The topological polar surface area (TPSA) is 174 Å². The highest BCUT2D eigenvalue weighted by molar-refractivity contribution is 6.37. The molecular formula is C33H52N6O7. The van der Waals surface area contributed by atoms with Gasteiger partial charge in [0.05, 0.1) is 12.6 Å². The Bertz CT molecular complexity index is 1230. The summed E-state index contributed by atoms with van der Waals surface area (Å²) in [5.41, 5.74) is -0.369. The van der Waals surface area contributed by atoms with Crippen molar-refractivity contribution in [3.8, 4) is 0 Å². The lowest BCUT2D eigenvalue weighted by Crippen LogP contribution is -2.62. The third kappa shape index (κ3) is 10.5. The van der Waals surface area contributed by atoms with Crippen LogP contribution in [0.25, 0.3) is 0 Å². The molecule has 2 aliphatic heterocycles. The molecule has 0 aliphatic carbocycles. The van der Waals surface area contributed by atoms with Crippen molar-refractivity contribution in [2.24, 2.45) is 16.7 Å². The molecular weight excluding hydrogens is 592 g/mol. The van der Waals surface area contributed by atoms with E-state index in [2.05, 4.69) is 27.8 Å². The van der Waals surface area contributed by atoms with Gasteiger partial charge in [-0.15, -0.1) is 6.58 Å². The van der Waals surface area contributed by atoms with Crippen LogP contribution in [0.5, 0.6) is 0 Å². The Morgan fingerprint density at radius 3 is 2.07 bits per heavy atom. The summed E-state index contributed by atoms with van der Waals surface area (Å²) in [5, 5.41) is 10.6. The number of ketones is 1. The van der Waals surface area contributed by atoms with E-state index in [-0.39, 0.29) is 50.2 Å². The van der Waals surface area contributed by atoms with Crippen LogP contribution >= 0.6 is 0 Å². The average molecular weight is 645 g/mol. The normalized spacial score (nSPS) is 19.9. The van der Waals surface area contributed by atoms with Crippen molar-refractivity contribution in [2.45, 2.75) is 99.2 Å². The average Bonchev–Trinajstić information content (AvgIpc) is 3.35. The minimum absolute atomic E-state index is 0.00576. The summed E-state index contributed by atoms with van der Waals surface area (Å²) < 4.78 is 0. The van der Waals surface area contributed by atoms with Crippen molar-refractivity contribution in [1.29, 1.82) is 0 Å². The molecule has 0 saturated carbocycles. The molecule has 0 aromatic heterocycles. The van der Waals surface area contributed by atoms with E-state index in [0.717, 1.165) is 5.57 Å². The molecule has 0 spiro atoms. The number of hydrogen-bond donors (Lipinski definition) is 4. The highest BCUT2D eigenvalue weighted by Gasteiger charge is 2.46. The maximum absolute atomic E-state index is 14.2. The van der Waals surface area contributed by atoms with E-state index in [1.165, 1.54) is 15.9 Å². The molecule has 2 heterocycles. The second kappa shape index (κ2) is 16.0. The fourth-order valence-electron chi connectivity index (χ4n) is 5.49. The van der Waals surface area contributed by atoms with Crippen LogP contribution in [0.2, 0.25) is 0 Å². The molecule has 256 valence electrons. The molecule has 4 atom stereocenters. The Morgan fingerprint density at radius 2 is 1.54 bits per heavy atom. The standard InChI is InChI=1S/C33H52N6O7/c1-10-15-34-28(43)22(40)18-35-29(44)26-21(17-20(2)3)14-16-38(26)30(45)27(33(7,8)9)37-31(46)36-23(32(4,5)6)19-39-24(41)12-11-13-25(39)42/h10,17,21,23,26-27H,1,11-16,18-19H2,2-9H3,(H,34,43)(H,35,44)(H2,36,37,46)/t21-,23-,26+,27-/m1/s1. The lowest BCUT2D eigenvalue weighted by atomic mass is 9.85. The third-order valence-electron chi connectivity index (χ3n) is 8.11. The minimum Gasteiger partial charge on any atom is -0.347 e. The van der Waals surface area contributed by atoms with Gasteiger partial charge in [0.2, 0.25) is 29.4 Å². The van der Waals surface area contributed by atoms with E-state index < -0.39 is 65.0 Å². The molecule has 13 nitrogen and oxygen atoms in total. The zero-order valence-corrected chi connectivity index (χ0v) is 28.6. The molecule has 0 bridgehead atoms. The van der Waals surface area contributed by atoms with E-state index in [4.69, 9.17) is 0 Å². The van der Waals surface area contributed by atoms with Gasteiger partial charge in [-0.3, -0.25) is 33.7 Å². The number of urea groups is 1. The Morgan fingerprint density at radius 1 is 0.935 bits per heavy atom. The van der Waals surface area contributed by atoms with Crippen molar-refractivity contribution in [2.75, 3.05) is 26.2 Å². The van der Waals surface area contributed by atoms with Gasteiger partial charge in [0.1, 0.15) is 12.1 Å². The molecule has 13 heteroatoms.